The number of rotatable bonds is 6. The molecule has 0 heterocycles. The summed E-state index contributed by atoms with van der Waals surface area (Å²) in [6, 6.07) is 5.15. The van der Waals surface area contributed by atoms with Gasteiger partial charge in [-0.3, -0.25) is 0 Å². The monoisotopic (exact) mass is 211 g/mol. The van der Waals surface area contributed by atoms with Crippen molar-refractivity contribution in [3.05, 3.63) is 35.1 Å². The van der Waals surface area contributed by atoms with E-state index in [2.05, 4.69) is 5.32 Å². The lowest BCUT2D eigenvalue weighted by molar-refractivity contribution is 0.283. The second-order valence-electron chi connectivity index (χ2n) is 3.69. The Morgan fingerprint density at radius 2 is 2.13 bits per heavy atom. The number of nitrogens with one attached hydrogen (secondary N) is 1. The first-order valence-electron chi connectivity index (χ1n) is 5.30. The van der Waals surface area contributed by atoms with Gasteiger partial charge in [-0.05, 0) is 43.5 Å². The molecule has 84 valence electrons. The summed E-state index contributed by atoms with van der Waals surface area (Å²) in [6.45, 7) is 3.66. The van der Waals surface area contributed by atoms with E-state index in [0.29, 0.717) is 5.56 Å². The maximum absolute atomic E-state index is 12.9. The van der Waals surface area contributed by atoms with Crippen molar-refractivity contribution in [1.29, 1.82) is 0 Å². The first-order chi connectivity index (χ1) is 7.24. The van der Waals surface area contributed by atoms with Gasteiger partial charge in [-0.2, -0.15) is 0 Å². The van der Waals surface area contributed by atoms with E-state index in [9.17, 15) is 4.39 Å². The third-order valence-corrected chi connectivity index (χ3v) is 2.31. The van der Waals surface area contributed by atoms with Crippen molar-refractivity contribution >= 4 is 0 Å². The van der Waals surface area contributed by atoms with E-state index in [-0.39, 0.29) is 12.4 Å². The molecule has 0 aromatic heterocycles. The van der Waals surface area contributed by atoms with E-state index in [0.717, 1.165) is 31.5 Å². The first kappa shape index (κ1) is 12.1. The van der Waals surface area contributed by atoms with Gasteiger partial charge in [-0.25, -0.2) is 4.39 Å². The zero-order valence-corrected chi connectivity index (χ0v) is 9.09. The molecular formula is C12H18FNO. The predicted octanol–water partition coefficient (Wildman–Crippen LogP) is 2.00. The van der Waals surface area contributed by atoms with Crippen molar-refractivity contribution in [3.63, 3.8) is 0 Å². The number of aliphatic hydroxyl groups excluding tert-OH is 1. The van der Waals surface area contributed by atoms with Gasteiger partial charge in [0.1, 0.15) is 5.82 Å². The molecule has 0 aliphatic carbocycles. The standard InChI is InChI=1S/C12H18FNO/c1-10-8-11(4-5-12(10)13)9-14-6-2-3-7-15/h4-5,8,14-15H,2-3,6-7,9H2,1H3. The quantitative estimate of drug-likeness (QED) is 0.705. The molecule has 15 heavy (non-hydrogen) atoms. The summed E-state index contributed by atoms with van der Waals surface area (Å²) in [6.07, 6.45) is 1.80. The number of hydrogen-bond donors (Lipinski definition) is 2. The first-order valence-corrected chi connectivity index (χ1v) is 5.30. The number of benzene rings is 1. The van der Waals surface area contributed by atoms with Gasteiger partial charge in [0.15, 0.2) is 0 Å². The van der Waals surface area contributed by atoms with Crippen LogP contribution in [0, 0.1) is 12.7 Å². The van der Waals surface area contributed by atoms with Crippen LogP contribution in [0.4, 0.5) is 4.39 Å². The molecule has 0 radical (unpaired) electrons. The Hall–Kier alpha value is -0.930. The minimum atomic E-state index is -0.154. The molecule has 0 amide bonds. The molecular weight excluding hydrogens is 193 g/mol. The molecule has 0 bridgehead atoms. The lowest BCUT2D eigenvalue weighted by Crippen LogP contribution is -2.15. The van der Waals surface area contributed by atoms with Crippen molar-refractivity contribution in [2.75, 3.05) is 13.2 Å². The Morgan fingerprint density at radius 1 is 1.33 bits per heavy atom. The SMILES string of the molecule is Cc1cc(CNCCCCO)ccc1F. The number of aryl methyl sites for hydroxylation is 1. The van der Waals surface area contributed by atoms with Crippen molar-refractivity contribution in [1.82, 2.24) is 5.32 Å². The number of unbranched alkanes of at least 4 members (excludes halogenated alkanes) is 1. The maximum Gasteiger partial charge on any atom is 0.126 e. The van der Waals surface area contributed by atoms with Crippen LogP contribution in [0.25, 0.3) is 0 Å². The van der Waals surface area contributed by atoms with Crippen LogP contribution in [0.1, 0.15) is 24.0 Å². The number of halogens is 1. The Labute approximate surface area is 90.1 Å². The number of aliphatic hydroxyl groups is 1. The van der Waals surface area contributed by atoms with Crippen molar-refractivity contribution in [2.45, 2.75) is 26.3 Å². The molecule has 0 fully saturated rings. The smallest absolute Gasteiger partial charge is 0.126 e. The van der Waals surface area contributed by atoms with Gasteiger partial charge in [0.05, 0.1) is 0 Å². The molecule has 0 saturated heterocycles. The van der Waals surface area contributed by atoms with Gasteiger partial charge in [-0.1, -0.05) is 12.1 Å². The van der Waals surface area contributed by atoms with Crippen LogP contribution < -0.4 is 5.32 Å². The molecule has 3 heteroatoms. The third-order valence-electron chi connectivity index (χ3n) is 2.31. The summed E-state index contributed by atoms with van der Waals surface area (Å²) in [4.78, 5) is 0. The molecule has 0 unspecified atom stereocenters. The zero-order chi connectivity index (χ0) is 11.1. The molecule has 1 aromatic carbocycles. The lowest BCUT2D eigenvalue weighted by Gasteiger charge is -2.05. The van der Waals surface area contributed by atoms with E-state index in [1.807, 2.05) is 6.07 Å². The Balaban J connectivity index is 2.28. The van der Waals surface area contributed by atoms with Crippen molar-refractivity contribution in [3.8, 4) is 0 Å². The topological polar surface area (TPSA) is 32.3 Å². The minimum absolute atomic E-state index is 0.154. The molecule has 1 rings (SSSR count). The largest absolute Gasteiger partial charge is 0.396 e. The summed E-state index contributed by atoms with van der Waals surface area (Å²) in [5.74, 6) is -0.154. The van der Waals surface area contributed by atoms with Crippen LogP contribution in [0.3, 0.4) is 0 Å². The highest BCUT2D eigenvalue weighted by molar-refractivity contribution is 5.23. The highest BCUT2D eigenvalue weighted by Crippen LogP contribution is 2.08. The molecule has 0 aliphatic rings. The van der Waals surface area contributed by atoms with Gasteiger partial charge < -0.3 is 10.4 Å². The summed E-state index contributed by atoms with van der Waals surface area (Å²) in [7, 11) is 0. The molecule has 2 N–H and O–H groups in total. The van der Waals surface area contributed by atoms with E-state index in [1.54, 1.807) is 13.0 Å². The lowest BCUT2D eigenvalue weighted by atomic mass is 10.1. The minimum Gasteiger partial charge on any atom is -0.396 e. The van der Waals surface area contributed by atoms with Crippen LogP contribution in [-0.2, 0) is 6.54 Å². The fraction of sp³-hybridized carbons (Fsp3) is 0.500. The average Bonchev–Trinajstić information content (AvgIpc) is 2.23. The van der Waals surface area contributed by atoms with Gasteiger partial charge >= 0.3 is 0 Å². The van der Waals surface area contributed by atoms with Crippen LogP contribution >= 0.6 is 0 Å². The van der Waals surface area contributed by atoms with Crippen molar-refractivity contribution in [2.24, 2.45) is 0 Å². The molecule has 0 saturated carbocycles. The summed E-state index contributed by atoms with van der Waals surface area (Å²) in [5, 5.41) is 11.8. The predicted molar refractivity (Wildman–Crippen MR) is 59.2 cm³/mol. The molecule has 0 spiro atoms. The summed E-state index contributed by atoms with van der Waals surface area (Å²) >= 11 is 0. The van der Waals surface area contributed by atoms with Crippen LogP contribution in [0.15, 0.2) is 18.2 Å². The summed E-state index contributed by atoms with van der Waals surface area (Å²) in [5.41, 5.74) is 1.78. The highest BCUT2D eigenvalue weighted by atomic mass is 19.1. The fourth-order valence-electron chi connectivity index (χ4n) is 1.41. The normalized spacial score (nSPS) is 10.6. The zero-order valence-electron chi connectivity index (χ0n) is 9.09. The molecule has 2 nitrogen and oxygen atoms in total. The maximum atomic E-state index is 12.9. The second kappa shape index (κ2) is 6.53. The van der Waals surface area contributed by atoms with Crippen LogP contribution in [0.2, 0.25) is 0 Å². The Morgan fingerprint density at radius 3 is 2.80 bits per heavy atom. The molecule has 1 aromatic rings. The van der Waals surface area contributed by atoms with Crippen LogP contribution in [-0.4, -0.2) is 18.3 Å². The second-order valence-corrected chi connectivity index (χ2v) is 3.69. The van der Waals surface area contributed by atoms with E-state index >= 15 is 0 Å². The summed E-state index contributed by atoms with van der Waals surface area (Å²) < 4.78 is 12.9. The van der Waals surface area contributed by atoms with Gasteiger partial charge in [0, 0.05) is 13.2 Å². The fourth-order valence-corrected chi connectivity index (χ4v) is 1.41. The van der Waals surface area contributed by atoms with E-state index < -0.39 is 0 Å². The molecule has 0 aliphatic heterocycles. The third kappa shape index (κ3) is 4.40. The van der Waals surface area contributed by atoms with Gasteiger partial charge in [-0.15, -0.1) is 0 Å². The highest BCUT2D eigenvalue weighted by Gasteiger charge is 1.98. The van der Waals surface area contributed by atoms with Crippen molar-refractivity contribution < 1.29 is 9.50 Å². The Kier molecular flexibility index (Phi) is 5.29. The Bertz CT molecular complexity index is 302. The van der Waals surface area contributed by atoms with Gasteiger partial charge in [0.25, 0.3) is 0 Å². The molecule has 0 atom stereocenters. The van der Waals surface area contributed by atoms with Crippen LogP contribution in [0.5, 0.6) is 0 Å². The van der Waals surface area contributed by atoms with Gasteiger partial charge in [0.2, 0.25) is 0 Å². The van der Waals surface area contributed by atoms with E-state index in [1.165, 1.54) is 6.07 Å². The average molecular weight is 211 g/mol. The number of hydrogen-bond acceptors (Lipinski definition) is 2. The van der Waals surface area contributed by atoms with E-state index in [4.69, 9.17) is 5.11 Å².